The Hall–Kier alpha value is -1.07. The summed E-state index contributed by atoms with van der Waals surface area (Å²) in [6.45, 7) is 0. The van der Waals surface area contributed by atoms with Gasteiger partial charge in [0.1, 0.15) is 0 Å². The van der Waals surface area contributed by atoms with Gasteiger partial charge in [-0.3, -0.25) is 0 Å². The molecule has 0 aliphatic carbocycles. The van der Waals surface area contributed by atoms with E-state index < -0.39 is 0 Å². The summed E-state index contributed by atoms with van der Waals surface area (Å²) >= 11 is 3.38. The highest BCUT2D eigenvalue weighted by molar-refractivity contribution is 9.10. The Morgan fingerprint density at radius 1 is 1.20 bits per heavy atom. The van der Waals surface area contributed by atoms with Crippen molar-refractivity contribution in [2.24, 2.45) is 0 Å². The molecular weight excluding hydrogens is 318 g/mol. The van der Waals surface area contributed by atoms with Gasteiger partial charge in [-0.15, -0.1) is 0 Å². The summed E-state index contributed by atoms with van der Waals surface area (Å²) in [7, 11) is 2.21. The molecule has 0 saturated carbocycles. The lowest BCUT2D eigenvalue weighted by Crippen LogP contribution is -2.49. The maximum Gasteiger partial charge on any atom is 0.319 e. The van der Waals surface area contributed by atoms with E-state index in [9.17, 15) is 4.79 Å². The molecule has 2 aliphatic rings. The number of anilines is 1. The lowest BCUT2D eigenvalue weighted by molar-refractivity contribution is 0.151. The fraction of sp³-hybridized carbons (Fsp3) is 0.533. The van der Waals surface area contributed by atoms with Crippen molar-refractivity contribution >= 4 is 27.6 Å². The van der Waals surface area contributed by atoms with Gasteiger partial charge < -0.3 is 15.5 Å². The minimum Gasteiger partial charge on any atom is -0.335 e. The molecule has 5 heteroatoms. The number of nitrogens with zero attached hydrogens (tertiary/aromatic N) is 1. The Bertz CT molecular complexity index is 476. The molecule has 2 atom stereocenters. The van der Waals surface area contributed by atoms with Crippen molar-refractivity contribution < 1.29 is 4.79 Å². The second-order valence-corrected chi connectivity index (χ2v) is 6.74. The van der Waals surface area contributed by atoms with Crippen molar-refractivity contribution in [3.8, 4) is 0 Å². The second-order valence-electron chi connectivity index (χ2n) is 5.82. The molecule has 0 unspecified atom stereocenters. The SMILES string of the molecule is CN1[C@@H]2CC[C@@H]1CC(NC(=O)Nc1ccc(Br)cc1)C2. The number of rotatable bonds is 2. The standard InChI is InChI=1S/C15H20BrN3O/c1-19-13-6-7-14(19)9-12(8-13)18-15(20)17-11-4-2-10(16)3-5-11/h2-5,12-14H,6-9H2,1H3,(H2,17,18,20)/t13-,14-/m1/s1. The number of halogens is 1. The van der Waals surface area contributed by atoms with Crippen LogP contribution in [0.2, 0.25) is 0 Å². The summed E-state index contributed by atoms with van der Waals surface area (Å²) < 4.78 is 1.01. The molecule has 0 radical (unpaired) electrons. The topological polar surface area (TPSA) is 44.4 Å². The van der Waals surface area contributed by atoms with Gasteiger partial charge in [0.15, 0.2) is 0 Å². The molecule has 2 aliphatic heterocycles. The molecule has 4 nitrogen and oxygen atoms in total. The van der Waals surface area contributed by atoms with Crippen molar-refractivity contribution in [3.05, 3.63) is 28.7 Å². The van der Waals surface area contributed by atoms with E-state index in [2.05, 4.69) is 38.5 Å². The summed E-state index contributed by atoms with van der Waals surface area (Å²) in [6, 6.07) is 9.12. The fourth-order valence-electron chi connectivity index (χ4n) is 3.42. The molecule has 2 saturated heterocycles. The van der Waals surface area contributed by atoms with E-state index in [1.165, 1.54) is 12.8 Å². The van der Waals surface area contributed by atoms with Gasteiger partial charge in [0.25, 0.3) is 0 Å². The number of hydrogen-bond donors (Lipinski definition) is 2. The summed E-state index contributed by atoms with van der Waals surface area (Å²) in [6.07, 6.45) is 4.68. The van der Waals surface area contributed by atoms with Gasteiger partial charge in [-0.05, 0) is 57.0 Å². The highest BCUT2D eigenvalue weighted by Gasteiger charge is 2.38. The molecule has 1 aromatic carbocycles. The summed E-state index contributed by atoms with van der Waals surface area (Å²) in [4.78, 5) is 14.5. The predicted molar refractivity (Wildman–Crippen MR) is 83.9 cm³/mol. The Morgan fingerprint density at radius 3 is 2.40 bits per heavy atom. The van der Waals surface area contributed by atoms with Gasteiger partial charge in [-0.1, -0.05) is 15.9 Å². The quantitative estimate of drug-likeness (QED) is 0.870. The number of carbonyl (C=O) groups is 1. The lowest BCUT2D eigenvalue weighted by Gasteiger charge is -2.36. The second kappa shape index (κ2) is 5.74. The van der Waals surface area contributed by atoms with Gasteiger partial charge in [0.2, 0.25) is 0 Å². The van der Waals surface area contributed by atoms with Crippen LogP contribution in [0.5, 0.6) is 0 Å². The van der Waals surface area contributed by atoms with Crippen LogP contribution in [-0.4, -0.2) is 36.1 Å². The van der Waals surface area contributed by atoms with Gasteiger partial charge in [-0.2, -0.15) is 0 Å². The molecule has 2 heterocycles. The fourth-order valence-corrected chi connectivity index (χ4v) is 3.68. The number of hydrogen-bond acceptors (Lipinski definition) is 2. The minimum atomic E-state index is -0.0960. The van der Waals surface area contributed by atoms with Gasteiger partial charge in [-0.25, -0.2) is 4.79 Å². The van der Waals surface area contributed by atoms with Crippen LogP contribution >= 0.6 is 15.9 Å². The first kappa shape index (κ1) is 13.9. The molecule has 3 rings (SSSR count). The number of fused-ring (bicyclic) bond motifs is 2. The van der Waals surface area contributed by atoms with E-state index in [0.717, 1.165) is 23.0 Å². The minimum absolute atomic E-state index is 0.0960. The predicted octanol–water partition coefficient (Wildman–Crippen LogP) is 3.20. The van der Waals surface area contributed by atoms with E-state index in [4.69, 9.17) is 0 Å². The maximum absolute atomic E-state index is 12.0. The van der Waals surface area contributed by atoms with Crippen LogP contribution in [-0.2, 0) is 0 Å². The largest absolute Gasteiger partial charge is 0.335 e. The molecule has 2 fully saturated rings. The van der Waals surface area contributed by atoms with Crippen LogP contribution < -0.4 is 10.6 Å². The smallest absolute Gasteiger partial charge is 0.319 e. The summed E-state index contributed by atoms with van der Waals surface area (Å²) in [5, 5.41) is 6.01. The molecule has 1 aromatic rings. The van der Waals surface area contributed by atoms with Gasteiger partial charge >= 0.3 is 6.03 Å². The van der Waals surface area contributed by atoms with Gasteiger partial charge in [0.05, 0.1) is 0 Å². The normalized spacial score (nSPS) is 29.2. The number of amides is 2. The molecule has 20 heavy (non-hydrogen) atoms. The molecule has 0 spiro atoms. The Kier molecular flexibility index (Phi) is 3.98. The zero-order chi connectivity index (χ0) is 14.1. The lowest BCUT2D eigenvalue weighted by atomic mass is 9.98. The van der Waals surface area contributed by atoms with Crippen molar-refractivity contribution in [1.29, 1.82) is 0 Å². The van der Waals surface area contributed by atoms with E-state index in [0.29, 0.717) is 18.1 Å². The molecule has 2 amide bonds. The number of benzene rings is 1. The van der Waals surface area contributed by atoms with Crippen LogP contribution in [0, 0.1) is 0 Å². The van der Waals surface area contributed by atoms with E-state index in [1.807, 2.05) is 24.3 Å². The van der Waals surface area contributed by atoms with Crippen LogP contribution in [0.1, 0.15) is 25.7 Å². The monoisotopic (exact) mass is 337 g/mol. The Balaban J connectivity index is 1.53. The average Bonchev–Trinajstić information content (AvgIpc) is 2.64. The first-order valence-electron chi connectivity index (χ1n) is 7.17. The van der Waals surface area contributed by atoms with E-state index >= 15 is 0 Å². The number of nitrogens with one attached hydrogen (secondary N) is 2. The van der Waals surface area contributed by atoms with Crippen molar-refractivity contribution in [2.45, 2.75) is 43.8 Å². The van der Waals surface area contributed by atoms with Crippen molar-refractivity contribution in [1.82, 2.24) is 10.2 Å². The molecule has 2 bridgehead atoms. The van der Waals surface area contributed by atoms with Crippen molar-refractivity contribution in [3.63, 3.8) is 0 Å². The highest BCUT2D eigenvalue weighted by Crippen LogP contribution is 2.34. The number of carbonyl (C=O) groups excluding carboxylic acids is 1. The van der Waals surface area contributed by atoms with Crippen LogP contribution in [0.4, 0.5) is 10.5 Å². The van der Waals surface area contributed by atoms with E-state index in [1.54, 1.807) is 0 Å². The van der Waals surface area contributed by atoms with Crippen LogP contribution in [0.15, 0.2) is 28.7 Å². The first-order chi connectivity index (χ1) is 9.61. The third-order valence-corrected chi connectivity index (χ3v) is 5.06. The molecular formula is C15H20BrN3O. The molecule has 2 N–H and O–H groups in total. The average molecular weight is 338 g/mol. The zero-order valence-electron chi connectivity index (χ0n) is 11.6. The first-order valence-corrected chi connectivity index (χ1v) is 7.96. The maximum atomic E-state index is 12.0. The Labute approximate surface area is 128 Å². The van der Waals surface area contributed by atoms with Crippen molar-refractivity contribution in [2.75, 3.05) is 12.4 Å². The molecule has 0 aromatic heterocycles. The summed E-state index contributed by atoms with van der Waals surface area (Å²) in [5.74, 6) is 0. The summed E-state index contributed by atoms with van der Waals surface area (Å²) in [5.41, 5.74) is 0.821. The van der Waals surface area contributed by atoms with Crippen LogP contribution in [0.25, 0.3) is 0 Å². The van der Waals surface area contributed by atoms with Gasteiger partial charge in [0, 0.05) is 28.3 Å². The zero-order valence-corrected chi connectivity index (χ0v) is 13.2. The number of urea groups is 1. The van der Waals surface area contributed by atoms with Crippen LogP contribution in [0.3, 0.4) is 0 Å². The third-order valence-electron chi connectivity index (χ3n) is 4.54. The number of piperidine rings is 1. The highest BCUT2D eigenvalue weighted by atomic mass is 79.9. The third kappa shape index (κ3) is 2.99. The molecule has 108 valence electrons. The Morgan fingerprint density at radius 2 is 1.80 bits per heavy atom. The van der Waals surface area contributed by atoms with E-state index in [-0.39, 0.29) is 6.03 Å².